The van der Waals surface area contributed by atoms with Crippen molar-refractivity contribution in [3.63, 3.8) is 0 Å². The van der Waals surface area contributed by atoms with E-state index in [0.717, 1.165) is 0 Å². The molecule has 8 heteroatoms. The summed E-state index contributed by atoms with van der Waals surface area (Å²) in [6.45, 7) is 0. The van der Waals surface area contributed by atoms with E-state index in [1.165, 1.54) is 7.05 Å². The van der Waals surface area contributed by atoms with Crippen LogP contribution in [0.4, 0.5) is 13.2 Å². The first-order chi connectivity index (χ1) is 7.40. The van der Waals surface area contributed by atoms with Crippen LogP contribution in [0.15, 0.2) is 0 Å². The normalized spacial score (nSPS) is 39.8. The van der Waals surface area contributed by atoms with E-state index in [9.17, 15) is 23.1 Å². The molecule has 1 saturated heterocycles. The largest absolute Gasteiger partial charge is 0.388 e. The Hall–Kier alpha value is -0.860. The van der Waals surface area contributed by atoms with E-state index in [-0.39, 0.29) is 0 Å². The van der Waals surface area contributed by atoms with Crippen molar-refractivity contribution in [3.8, 4) is 0 Å². The van der Waals surface area contributed by atoms with Crippen LogP contribution < -0.4 is 10.6 Å². The second kappa shape index (κ2) is 4.98. The molecular weight excluding hydrogens is 229 g/mol. The van der Waals surface area contributed by atoms with Crippen LogP contribution in [-0.2, 0) is 4.79 Å². The van der Waals surface area contributed by atoms with Crippen molar-refractivity contribution in [2.75, 3.05) is 7.05 Å². The van der Waals surface area contributed by atoms with E-state index < -0.39 is 42.8 Å². The first-order valence-corrected chi connectivity index (χ1v) is 4.66. The zero-order valence-corrected chi connectivity index (χ0v) is 8.40. The predicted molar refractivity (Wildman–Crippen MR) is 47.7 cm³/mol. The van der Waals surface area contributed by atoms with Gasteiger partial charge in [0.25, 0.3) is 6.43 Å². The first kappa shape index (κ1) is 13.2. The average molecular weight is 242 g/mol. The number of likely N-dealkylation sites (N-methyl/N-ethyl adjacent to an activating group) is 1. The molecule has 5 atom stereocenters. The Labute approximate surface area is 89.6 Å². The Morgan fingerprint density at radius 3 is 2.38 bits per heavy atom. The minimum absolute atomic E-state index is 0.812. The molecule has 1 aliphatic rings. The number of hydrogen-bond donors (Lipinski definition) is 4. The highest BCUT2D eigenvalue weighted by Gasteiger charge is 2.49. The molecule has 0 unspecified atom stereocenters. The monoisotopic (exact) mass is 242 g/mol. The van der Waals surface area contributed by atoms with Crippen LogP contribution in [-0.4, -0.2) is 60.1 Å². The van der Waals surface area contributed by atoms with Crippen molar-refractivity contribution in [2.24, 2.45) is 0 Å². The molecule has 5 nitrogen and oxygen atoms in total. The highest BCUT2D eigenvalue weighted by molar-refractivity contribution is 5.82. The summed E-state index contributed by atoms with van der Waals surface area (Å²) in [6, 6.07) is -3.37. The summed E-state index contributed by atoms with van der Waals surface area (Å²) in [4.78, 5) is 11.2. The molecule has 0 bridgehead atoms. The van der Waals surface area contributed by atoms with Gasteiger partial charge in [0, 0.05) is 7.05 Å². The third-order valence-electron chi connectivity index (χ3n) is 2.53. The minimum atomic E-state index is -3.03. The Morgan fingerprint density at radius 1 is 1.38 bits per heavy atom. The van der Waals surface area contributed by atoms with Gasteiger partial charge in [-0.25, -0.2) is 13.2 Å². The molecule has 16 heavy (non-hydrogen) atoms. The SMILES string of the molecule is CNC(=O)[C@H]1N[C@H](C(F)F)[C@@H](O)[C@H](F)[C@@H]1O. The van der Waals surface area contributed by atoms with E-state index in [2.05, 4.69) is 5.32 Å². The van der Waals surface area contributed by atoms with Gasteiger partial charge in [0.2, 0.25) is 5.91 Å². The van der Waals surface area contributed by atoms with Crippen LogP contribution in [0.5, 0.6) is 0 Å². The van der Waals surface area contributed by atoms with Crippen molar-refractivity contribution >= 4 is 5.91 Å². The molecule has 0 aliphatic carbocycles. The molecule has 1 amide bonds. The second-order valence-electron chi connectivity index (χ2n) is 3.54. The van der Waals surface area contributed by atoms with Gasteiger partial charge in [-0.3, -0.25) is 10.1 Å². The fourth-order valence-electron chi connectivity index (χ4n) is 1.60. The van der Waals surface area contributed by atoms with Crippen LogP contribution in [0.25, 0.3) is 0 Å². The number of hydrogen-bond acceptors (Lipinski definition) is 4. The minimum Gasteiger partial charge on any atom is -0.388 e. The zero-order valence-electron chi connectivity index (χ0n) is 8.40. The summed E-state index contributed by atoms with van der Waals surface area (Å²) >= 11 is 0. The van der Waals surface area contributed by atoms with E-state index in [1.807, 2.05) is 5.32 Å². The summed E-state index contributed by atoms with van der Waals surface area (Å²) < 4.78 is 38.1. The molecule has 1 rings (SSSR count). The Morgan fingerprint density at radius 2 is 1.94 bits per heavy atom. The van der Waals surface area contributed by atoms with Crippen molar-refractivity contribution in [3.05, 3.63) is 0 Å². The van der Waals surface area contributed by atoms with Crippen LogP contribution >= 0.6 is 0 Å². The number of nitrogens with one attached hydrogen (secondary N) is 2. The average Bonchev–Trinajstić information content (AvgIpc) is 2.25. The second-order valence-corrected chi connectivity index (χ2v) is 3.54. The molecule has 4 N–H and O–H groups in total. The third-order valence-corrected chi connectivity index (χ3v) is 2.53. The molecule has 0 aromatic heterocycles. The number of aliphatic hydroxyl groups is 2. The number of amides is 1. The number of piperidine rings is 1. The quantitative estimate of drug-likeness (QED) is 0.470. The van der Waals surface area contributed by atoms with Gasteiger partial charge in [-0.2, -0.15) is 0 Å². The molecule has 1 heterocycles. The maximum Gasteiger partial charge on any atom is 0.256 e. The molecule has 0 aromatic rings. The van der Waals surface area contributed by atoms with E-state index in [4.69, 9.17) is 5.11 Å². The van der Waals surface area contributed by atoms with Gasteiger partial charge in [0.1, 0.15) is 18.2 Å². The van der Waals surface area contributed by atoms with Crippen molar-refractivity contribution in [2.45, 2.75) is 36.9 Å². The third kappa shape index (κ3) is 2.28. The standard InChI is InChI=1S/C8H13F3N2O3/c1-12-8(16)4-6(15)2(9)5(14)3(13-4)7(10)11/h2-7,13-15H,1H3,(H,12,16)/t2-,3-,4-,5-,6-/m0/s1. The Bertz CT molecular complexity index is 267. The fourth-order valence-corrected chi connectivity index (χ4v) is 1.60. The van der Waals surface area contributed by atoms with E-state index >= 15 is 0 Å². The predicted octanol–water partition coefficient (Wildman–Crippen LogP) is -1.60. The van der Waals surface area contributed by atoms with Gasteiger partial charge in [-0.05, 0) is 0 Å². The summed E-state index contributed by atoms with van der Waals surface area (Å²) in [7, 11) is 1.23. The van der Waals surface area contributed by atoms with Crippen LogP contribution in [0.2, 0.25) is 0 Å². The van der Waals surface area contributed by atoms with Crippen LogP contribution in [0, 0.1) is 0 Å². The maximum absolute atomic E-state index is 13.3. The lowest BCUT2D eigenvalue weighted by atomic mass is 9.91. The summed E-state index contributed by atoms with van der Waals surface area (Å²) in [5, 5.41) is 22.6. The lowest BCUT2D eigenvalue weighted by molar-refractivity contribution is -0.140. The topological polar surface area (TPSA) is 81.6 Å². The number of halogens is 3. The highest BCUT2D eigenvalue weighted by atomic mass is 19.3. The smallest absolute Gasteiger partial charge is 0.256 e. The number of carbonyl (C=O) groups is 1. The molecule has 0 spiro atoms. The molecule has 1 fully saturated rings. The van der Waals surface area contributed by atoms with Crippen molar-refractivity contribution in [1.82, 2.24) is 10.6 Å². The van der Waals surface area contributed by atoms with Crippen molar-refractivity contribution in [1.29, 1.82) is 0 Å². The Balaban J connectivity index is 2.85. The summed E-state index contributed by atoms with van der Waals surface area (Å²) in [5.41, 5.74) is 0. The number of aliphatic hydroxyl groups excluding tert-OH is 2. The lowest BCUT2D eigenvalue weighted by Crippen LogP contribution is -2.69. The zero-order chi connectivity index (χ0) is 12.5. The van der Waals surface area contributed by atoms with Crippen molar-refractivity contribution < 1.29 is 28.2 Å². The lowest BCUT2D eigenvalue weighted by Gasteiger charge is -2.39. The van der Waals surface area contributed by atoms with E-state index in [1.54, 1.807) is 0 Å². The summed E-state index contributed by atoms with van der Waals surface area (Å²) in [5.74, 6) is -0.812. The first-order valence-electron chi connectivity index (χ1n) is 4.66. The van der Waals surface area contributed by atoms with Crippen LogP contribution in [0.3, 0.4) is 0 Å². The fraction of sp³-hybridized carbons (Fsp3) is 0.875. The molecule has 0 saturated carbocycles. The molecule has 0 aromatic carbocycles. The van der Waals surface area contributed by atoms with E-state index in [0.29, 0.717) is 0 Å². The van der Waals surface area contributed by atoms with Crippen LogP contribution in [0.1, 0.15) is 0 Å². The summed E-state index contributed by atoms with van der Waals surface area (Å²) in [6.07, 6.45) is -9.23. The number of carbonyl (C=O) groups excluding carboxylic acids is 1. The number of alkyl halides is 3. The maximum atomic E-state index is 13.3. The number of rotatable bonds is 2. The molecular formula is C8H13F3N2O3. The van der Waals surface area contributed by atoms with Gasteiger partial charge in [-0.1, -0.05) is 0 Å². The van der Waals surface area contributed by atoms with Gasteiger partial charge in [0.05, 0.1) is 6.04 Å². The molecule has 0 radical (unpaired) electrons. The van der Waals surface area contributed by atoms with Gasteiger partial charge < -0.3 is 15.5 Å². The molecule has 94 valence electrons. The van der Waals surface area contributed by atoms with Gasteiger partial charge >= 0.3 is 0 Å². The van der Waals surface area contributed by atoms with Gasteiger partial charge in [0.15, 0.2) is 6.17 Å². The molecule has 1 aliphatic heterocycles. The van der Waals surface area contributed by atoms with Gasteiger partial charge in [-0.15, -0.1) is 0 Å². The Kier molecular flexibility index (Phi) is 4.11. The highest BCUT2D eigenvalue weighted by Crippen LogP contribution is 2.22.